The lowest BCUT2D eigenvalue weighted by atomic mass is 10.1. The van der Waals surface area contributed by atoms with Gasteiger partial charge in [-0.15, -0.1) is 0 Å². The predicted molar refractivity (Wildman–Crippen MR) is 74.9 cm³/mol. The van der Waals surface area contributed by atoms with Crippen molar-refractivity contribution >= 4 is 6.21 Å². The molecule has 0 heterocycles. The van der Waals surface area contributed by atoms with Crippen LogP contribution in [-0.4, -0.2) is 6.21 Å². The van der Waals surface area contributed by atoms with E-state index >= 15 is 0 Å². The zero-order chi connectivity index (χ0) is 15.1. The molecule has 0 N–H and O–H groups in total. The minimum Gasteiger partial charge on any atom is -0.391 e. The van der Waals surface area contributed by atoms with Gasteiger partial charge in [0, 0.05) is 11.1 Å². The van der Waals surface area contributed by atoms with Crippen molar-refractivity contribution < 1.29 is 13.6 Å². The fourth-order valence-corrected chi connectivity index (χ4v) is 1.69. The lowest BCUT2D eigenvalue weighted by Crippen LogP contribution is -1.92. The molecule has 0 aliphatic heterocycles. The second-order valence-corrected chi connectivity index (χ2v) is 4.24. The molecular weight excluding hydrogens is 274 g/mol. The standard InChI is InChI=1S/C16H12F2N2O/c17-16(18)13-7-5-12(6-8-13)10-20-21-11-15-4-2-1-3-14(15)9-19/h1-8,10,16H,11H2. The van der Waals surface area contributed by atoms with Gasteiger partial charge in [0.15, 0.2) is 0 Å². The fourth-order valence-electron chi connectivity index (χ4n) is 1.69. The average molecular weight is 286 g/mol. The third-order valence-electron chi connectivity index (χ3n) is 2.82. The van der Waals surface area contributed by atoms with Crippen molar-refractivity contribution in [2.75, 3.05) is 0 Å². The van der Waals surface area contributed by atoms with Crippen molar-refractivity contribution in [2.45, 2.75) is 13.0 Å². The average Bonchev–Trinajstić information content (AvgIpc) is 2.52. The Hall–Kier alpha value is -2.74. The van der Waals surface area contributed by atoms with Crippen LogP contribution in [-0.2, 0) is 11.4 Å². The number of hydrogen-bond acceptors (Lipinski definition) is 3. The van der Waals surface area contributed by atoms with Gasteiger partial charge in [-0.2, -0.15) is 5.26 Å². The predicted octanol–water partition coefficient (Wildman–Crippen LogP) is 4.05. The second kappa shape index (κ2) is 7.15. The molecule has 0 amide bonds. The Bertz CT molecular complexity index is 661. The fraction of sp³-hybridized carbons (Fsp3) is 0.125. The molecule has 2 aromatic carbocycles. The number of rotatable bonds is 5. The van der Waals surface area contributed by atoms with Crippen LogP contribution >= 0.6 is 0 Å². The summed E-state index contributed by atoms with van der Waals surface area (Å²) in [7, 11) is 0. The number of benzene rings is 2. The molecule has 0 saturated heterocycles. The van der Waals surface area contributed by atoms with E-state index in [1.54, 1.807) is 18.2 Å². The zero-order valence-electron chi connectivity index (χ0n) is 11.0. The Morgan fingerprint density at radius 2 is 1.86 bits per heavy atom. The third-order valence-corrected chi connectivity index (χ3v) is 2.82. The van der Waals surface area contributed by atoms with Crippen LogP contribution in [0.2, 0.25) is 0 Å². The summed E-state index contributed by atoms with van der Waals surface area (Å²) in [5, 5.41) is 12.7. The van der Waals surface area contributed by atoms with Gasteiger partial charge < -0.3 is 4.84 Å². The summed E-state index contributed by atoms with van der Waals surface area (Å²) >= 11 is 0. The quantitative estimate of drug-likeness (QED) is 0.615. The van der Waals surface area contributed by atoms with Gasteiger partial charge in [-0.1, -0.05) is 47.6 Å². The number of oxime groups is 1. The van der Waals surface area contributed by atoms with Crippen LogP contribution in [0.15, 0.2) is 53.7 Å². The van der Waals surface area contributed by atoms with Crippen LogP contribution in [0.5, 0.6) is 0 Å². The zero-order valence-corrected chi connectivity index (χ0v) is 11.0. The molecule has 0 spiro atoms. The maximum absolute atomic E-state index is 12.4. The summed E-state index contributed by atoms with van der Waals surface area (Å²) in [6, 6.07) is 14.9. The molecule has 0 aliphatic rings. The molecule has 0 saturated carbocycles. The van der Waals surface area contributed by atoms with Gasteiger partial charge in [0.1, 0.15) is 6.61 Å². The van der Waals surface area contributed by atoms with E-state index in [2.05, 4.69) is 11.2 Å². The van der Waals surface area contributed by atoms with Crippen LogP contribution in [0.4, 0.5) is 8.78 Å². The first-order valence-corrected chi connectivity index (χ1v) is 6.22. The Kier molecular flexibility index (Phi) is 4.99. The minimum atomic E-state index is -2.48. The highest BCUT2D eigenvalue weighted by Gasteiger charge is 2.05. The van der Waals surface area contributed by atoms with Crippen LogP contribution < -0.4 is 0 Å². The number of alkyl halides is 2. The molecular formula is C16H12F2N2O. The van der Waals surface area contributed by atoms with E-state index in [0.29, 0.717) is 11.1 Å². The molecule has 0 aliphatic carbocycles. The molecule has 0 fully saturated rings. The normalized spacial score (nSPS) is 10.8. The number of nitrogens with zero attached hydrogens (tertiary/aromatic N) is 2. The van der Waals surface area contributed by atoms with E-state index < -0.39 is 6.43 Å². The summed E-state index contributed by atoms with van der Waals surface area (Å²) in [5.74, 6) is 0. The van der Waals surface area contributed by atoms with Crippen LogP contribution in [0.25, 0.3) is 0 Å². The van der Waals surface area contributed by atoms with Gasteiger partial charge in [0.05, 0.1) is 17.8 Å². The summed E-state index contributed by atoms with van der Waals surface area (Å²) in [5.41, 5.74) is 1.91. The number of hydrogen-bond donors (Lipinski definition) is 0. The number of halogens is 2. The van der Waals surface area contributed by atoms with Gasteiger partial charge in [0.2, 0.25) is 0 Å². The molecule has 21 heavy (non-hydrogen) atoms. The van der Waals surface area contributed by atoms with Crippen LogP contribution in [0, 0.1) is 11.3 Å². The van der Waals surface area contributed by atoms with Crippen molar-refractivity contribution in [1.29, 1.82) is 5.26 Å². The van der Waals surface area contributed by atoms with E-state index in [9.17, 15) is 8.78 Å². The van der Waals surface area contributed by atoms with Gasteiger partial charge >= 0.3 is 0 Å². The lowest BCUT2D eigenvalue weighted by molar-refractivity contribution is 0.132. The highest BCUT2D eigenvalue weighted by Crippen LogP contribution is 2.18. The molecule has 3 nitrogen and oxygen atoms in total. The number of nitriles is 1. The first-order valence-electron chi connectivity index (χ1n) is 6.22. The highest BCUT2D eigenvalue weighted by atomic mass is 19.3. The molecule has 2 rings (SSSR count). The Balaban J connectivity index is 1.92. The smallest absolute Gasteiger partial charge is 0.263 e. The lowest BCUT2D eigenvalue weighted by Gasteiger charge is -2.02. The SMILES string of the molecule is N#Cc1ccccc1CON=Cc1ccc(C(F)F)cc1. The summed E-state index contributed by atoms with van der Waals surface area (Å²) in [6.45, 7) is 0.176. The summed E-state index contributed by atoms with van der Waals surface area (Å²) in [6.07, 6.45) is -1.04. The Morgan fingerprint density at radius 3 is 2.52 bits per heavy atom. The molecule has 0 atom stereocenters. The van der Waals surface area contributed by atoms with E-state index in [1.807, 2.05) is 6.07 Å². The van der Waals surface area contributed by atoms with Crippen molar-refractivity contribution in [1.82, 2.24) is 0 Å². The van der Waals surface area contributed by atoms with E-state index in [-0.39, 0.29) is 12.2 Å². The molecule has 0 aromatic heterocycles. The van der Waals surface area contributed by atoms with E-state index in [1.165, 1.54) is 30.5 Å². The van der Waals surface area contributed by atoms with Crippen molar-refractivity contribution in [3.8, 4) is 6.07 Å². The van der Waals surface area contributed by atoms with Gasteiger partial charge in [-0.05, 0) is 11.6 Å². The maximum atomic E-state index is 12.4. The topological polar surface area (TPSA) is 45.4 Å². The summed E-state index contributed by atoms with van der Waals surface area (Å²) < 4.78 is 24.8. The highest BCUT2D eigenvalue weighted by molar-refractivity contribution is 5.79. The van der Waals surface area contributed by atoms with Crippen molar-refractivity contribution in [3.05, 3.63) is 70.8 Å². The molecule has 0 unspecified atom stereocenters. The van der Waals surface area contributed by atoms with Gasteiger partial charge in [-0.25, -0.2) is 8.78 Å². The molecule has 0 bridgehead atoms. The first-order chi connectivity index (χ1) is 10.2. The largest absolute Gasteiger partial charge is 0.391 e. The Morgan fingerprint density at radius 1 is 1.14 bits per heavy atom. The molecule has 2 aromatic rings. The summed E-state index contributed by atoms with van der Waals surface area (Å²) in [4.78, 5) is 5.11. The Labute approximate surface area is 121 Å². The minimum absolute atomic E-state index is 0.0315. The van der Waals surface area contributed by atoms with Gasteiger partial charge in [0.25, 0.3) is 6.43 Å². The van der Waals surface area contributed by atoms with Crippen LogP contribution in [0.3, 0.4) is 0 Å². The molecule has 5 heteroatoms. The monoisotopic (exact) mass is 286 g/mol. The van der Waals surface area contributed by atoms with Crippen molar-refractivity contribution in [3.63, 3.8) is 0 Å². The van der Waals surface area contributed by atoms with E-state index in [4.69, 9.17) is 10.1 Å². The maximum Gasteiger partial charge on any atom is 0.263 e. The third kappa shape index (κ3) is 4.11. The second-order valence-electron chi connectivity index (χ2n) is 4.24. The molecule has 106 valence electrons. The van der Waals surface area contributed by atoms with E-state index in [0.717, 1.165) is 5.56 Å². The van der Waals surface area contributed by atoms with Gasteiger partial charge in [-0.3, -0.25) is 0 Å². The van der Waals surface area contributed by atoms with Crippen LogP contribution in [0.1, 0.15) is 28.7 Å². The van der Waals surface area contributed by atoms with Crippen molar-refractivity contribution in [2.24, 2.45) is 5.16 Å². The first kappa shape index (κ1) is 14.7. The molecule has 0 radical (unpaired) electrons.